The van der Waals surface area contributed by atoms with Crippen LogP contribution in [0.25, 0.3) is 11.1 Å². The Balaban J connectivity index is 1.31. The number of alkyl carbamates (subject to hydrolysis) is 1. The summed E-state index contributed by atoms with van der Waals surface area (Å²) in [5, 5.41) is 18.5. The summed E-state index contributed by atoms with van der Waals surface area (Å²) in [7, 11) is 1.57. The third-order valence-corrected chi connectivity index (χ3v) is 6.08. The fraction of sp³-hybridized carbons (Fsp3) is 0.308. The van der Waals surface area contributed by atoms with E-state index in [2.05, 4.69) is 40.0 Å². The molecule has 0 bridgehead atoms. The molecule has 0 saturated heterocycles. The van der Waals surface area contributed by atoms with Gasteiger partial charge in [0.1, 0.15) is 12.2 Å². The van der Waals surface area contributed by atoms with E-state index in [0.29, 0.717) is 6.42 Å². The lowest BCUT2D eigenvalue weighted by molar-refractivity contribution is -0.116. The fourth-order valence-electron chi connectivity index (χ4n) is 4.33. The average Bonchev–Trinajstić information content (AvgIpc) is 3.33. The third-order valence-electron chi connectivity index (χ3n) is 6.08. The zero-order chi connectivity index (χ0) is 25.2. The summed E-state index contributed by atoms with van der Waals surface area (Å²) in [6.45, 7) is 3.80. The van der Waals surface area contributed by atoms with E-state index in [-0.39, 0.29) is 30.3 Å². The molecule has 1 aliphatic carbocycles. The van der Waals surface area contributed by atoms with Crippen molar-refractivity contribution >= 4 is 23.8 Å². The summed E-state index contributed by atoms with van der Waals surface area (Å²) in [6.07, 6.45) is 1.14. The molecule has 3 aromatic rings. The van der Waals surface area contributed by atoms with Crippen LogP contribution in [-0.2, 0) is 16.6 Å². The van der Waals surface area contributed by atoms with E-state index < -0.39 is 23.5 Å². The van der Waals surface area contributed by atoms with E-state index >= 15 is 0 Å². The van der Waals surface area contributed by atoms with E-state index in [1.165, 1.54) is 10.9 Å². The number of carboxylic acids is 1. The zero-order valence-corrected chi connectivity index (χ0v) is 19.9. The molecule has 35 heavy (non-hydrogen) atoms. The van der Waals surface area contributed by atoms with Crippen LogP contribution in [0.2, 0.25) is 0 Å². The lowest BCUT2D eigenvalue weighted by Gasteiger charge is -2.26. The minimum absolute atomic E-state index is 0.00713. The van der Waals surface area contributed by atoms with Gasteiger partial charge in [-0.05, 0) is 42.5 Å². The maximum absolute atomic E-state index is 12.6. The van der Waals surface area contributed by atoms with Crippen molar-refractivity contribution in [2.75, 3.05) is 11.9 Å². The molecule has 182 valence electrons. The molecule has 3 N–H and O–H groups in total. The number of aromatic carboxylic acids is 1. The summed E-state index contributed by atoms with van der Waals surface area (Å²) in [5.74, 6) is -1.62. The van der Waals surface area contributed by atoms with Crippen molar-refractivity contribution in [3.05, 3.63) is 71.4 Å². The number of carboxylic acid groups (broad SMARTS) is 1. The number of carbonyl (C=O) groups is 3. The average molecular weight is 477 g/mol. The predicted molar refractivity (Wildman–Crippen MR) is 130 cm³/mol. The number of aromatic nitrogens is 2. The van der Waals surface area contributed by atoms with Crippen molar-refractivity contribution in [1.82, 2.24) is 15.1 Å². The number of fused-ring (bicyclic) bond motifs is 3. The minimum atomic E-state index is -1.18. The van der Waals surface area contributed by atoms with E-state index in [0.717, 1.165) is 22.3 Å². The molecular formula is C26H28N4O5. The summed E-state index contributed by atoms with van der Waals surface area (Å²) in [6, 6.07) is 16.2. The monoisotopic (exact) mass is 476 g/mol. The molecule has 2 amide bonds. The quantitative estimate of drug-likeness (QED) is 0.449. The van der Waals surface area contributed by atoms with Crippen molar-refractivity contribution < 1.29 is 24.2 Å². The fourth-order valence-corrected chi connectivity index (χ4v) is 4.33. The Bertz CT molecular complexity index is 1230. The maximum atomic E-state index is 12.6. The van der Waals surface area contributed by atoms with Crippen LogP contribution in [-0.4, -0.2) is 45.0 Å². The van der Waals surface area contributed by atoms with Crippen molar-refractivity contribution in [2.45, 2.75) is 38.1 Å². The maximum Gasteiger partial charge on any atom is 0.407 e. The molecule has 0 aliphatic heterocycles. The predicted octanol–water partition coefficient (Wildman–Crippen LogP) is 4.15. The lowest BCUT2D eigenvalue weighted by atomic mass is 9.98. The Morgan fingerprint density at radius 1 is 1.06 bits per heavy atom. The van der Waals surface area contributed by atoms with Crippen molar-refractivity contribution in [2.24, 2.45) is 7.05 Å². The number of carbonyl (C=O) groups excluding carboxylic acids is 2. The second kappa shape index (κ2) is 9.61. The zero-order valence-electron chi connectivity index (χ0n) is 19.9. The van der Waals surface area contributed by atoms with Crippen molar-refractivity contribution in [3.63, 3.8) is 0 Å². The number of anilines is 1. The molecule has 9 heteroatoms. The number of benzene rings is 2. The normalized spacial score (nSPS) is 12.5. The topological polar surface area (TPSA) is 123 Å². The molecule has 0 saturated carbocycles. The minimum Gasteiger partial charge on any atom is -0.477 e. The van der Waals surface area contributed by atoms with Crippen molar-refractivity contribution in [1.29, 1.82) is 0 Å². The second-order valence-electron chi connectivity index (χ2n) is 9.25. The van der Waals surface area contributed by atoms with Gasteiger partial charge in [0.15, 0.2) is 5.82 Å². The summed E-state index contributed by atoms with van der Waals surface area (Å²) < 4.78 is 6.92. The van der Waals surface area contributed by atoms with E-state index in [4.69, 9.17) is 4.74 Å². The second-order valence-corrected chi connectivity index (χ2v) is 9.25. The number of aryl methyl sites for hydroxylation is 1. The van der Waals surface area contributed by atoms with Crippen LogP contribution >= 0.6 is 0 Å². The standard InChI is InChI=1S/C26H28N4O5/c1-26(2,13-12-22(31)27-23-20(24(32)33)14-30(3)29-23)28-25(34)35-15-21-18-10-6-4-8-16(18)17-9-5-7-11-19(17)21/h4-11,14,21H,12-13,15H2,1-3H3,(H,28,34)(H,32,33)(H,27,29,31). The number of nitrogens with one attached hydrogen (secondary N) is 2. The SMILES string of the molecule is Cn1cc(C(=O)O)c(NC(=O)CCC(C)(C)NC(=O)OCC2c3ccccc3-c3ccccc32)n1. The first-order valence-electron chi connectivity index (χ1n) is 11.3. The number of amides is 2. The molecule has 0 fully saturated rings. The van der Waals surface area contributed by atoms with Gasteiger partial charge < -0.3 is 20.5 Å². The Hall–Kier alpha value is -4.14. The number of hydrogen-bond acceptors (Lipinski definition) is 5. The molecule has 0 atom stereocenters. The van der Waals surface area contributed by atoms with Gasteiger partial charge in [-0.1, -0.05) is 48.5 Å². The Morgan fingerprint density at radius 3 is 2.26 bits per heavy atom. The number of rotatable bonds is 8. The summed E-state index contributed by atoms with van der Waals surface area (Å²) >= 11 is 0. The molecule has 2 aromatic carbocycles. The van der Waals surface area contributed by atoms with Crippen LogP contribution < -0.4 is 10.6 Å². The largest absolute Gasteiger partial charge is 0.477 e. The van der Waals surface area contributed by atoms with Gasteiger partial charge in [0, 0.05) is 31.1 Å². The van der Waals surface area contributed by atoms with Crippen LogP contribution in [0.5, 0.6) is 0 Å². The first-order valence-corrected chi connectivity index (χ1v) is 11.3. The Labute approximate surface area is 203 Å². The number of ether oxygens (including phenoxy) is 1. The smallest absolute Gasteiger partial charge is 0.407 e. The molecule has 1 aliphatic rings. The Morgan fingerprint density at radius 2 is 1.66 bits per heavy atom. The van der Waals surface area contributed by atoms with Crippen LogP contribution in [0.4, 0.5) is 10.6 Å². The molecule has 0 unspecified atom stereocenters. The first kappa shape index (κ1) is 24.0. The molecule has 0 radical (unpaired) electrons. The van der Waals surface area contributed by atoms with Gasteiger partial charge in [0.05, 0.1) is 0 Å². The molecule has 4 rings (SSSR count). The van der Waals surface area contributed by atoms with Gasteiger partial charge in [0.25, 0.3) is 0 Å². The van der Waals surface area contributed by atoms with Crippen LogP contribution in [0.3, 0.4) is 0 Å². The van der Waals surface area contributed by atoms with Gasteiger partial charge >= 0.3 is 12.1 Å². The van der Waals surface area contributed by atoms with E-state index in [9.17, 15) is 19.5 Å². The highest BCUT2D eigenvalue weighted by Crippen LogP contribution is 2.44. The molecule has 1 aromatic heterocycles. The summed E-state index contributed by atoms with van der Waals surface area (Å²) in [4.78, 5) is 36.2. The first-order chi connectivity index (χ1) is 16.6. The molecule has 9 nitrogen and oxygen atoms in total. The number of hydrogen-bond donors (Lipinski definition) is 3. The van der Waals surface area contributed by atoms with E-state index in [1.54, 1.807) is 20.9 Å². The van der Waals surface area contributed by atoms with E-state index in [1.807, 2.05) is 24.3 Å². The van der Waals surface area contributed by atoms with Crippen molar-refractivity contribution in [3.8, 4) is 11.1 Å². The summed E-state index contributed by atoms with van der Waals surface area (Å²) in [5.41, 5.74) is 3.77. The van der Waals surface area contributed by atoms with Gasteiger partial charge in [-0.15, -0.1) is 0 Å². The van der Waals surface area contributed by atoms with Gasteiger partial charge in [-0.3, -0.25) is 9.48 Å². The van der Waals surface area contributed by atoms with Crippen LogP contribution in [0, 0.1) is 0 Å². The molecule has 1 heterocycles. The van der Waals surface area contributed by atoms with Crippen LogP contribution in [0.15, 0.2) is 54.7 Å². The lowest BCUT2D eigenvalue weighted by Crippen LogP contribution is -2.44. The van der Waals surface area contributed by atoms with Gasteiger partial charge in [-0.2, -0.15) is 5.10 Å². The van der Waals surface area contributed by atoms with Gasteiger partial charge in [-0.25, -0.2) is 9.59 Å². The van der Waals surface area contributed by atoms with Gasteiger partial charge in [0.2, 0.25) is 5.91 Å². The highest BCUT2D eigenvalue weighted by molar-refractivity contribution is 5.99. The van der Waals surface area contributed by atoms with Crippen LogP contribution in [0.1, 0.15) is 54.1 Å². The highest BCUT2D eigenvalue weighted by atomic mass is 16.5. The molecular weight excluding hydrogens is 448 g/mol. The number of nitrogens with zero attached hydrogens (tertiary/aromatic N) is 2. The third kappa shape index (κ3) is 5.34. The molecule has 0 spiro atoms. The highest BCUT2D eigenvalue weighted by Gasteiger charge is 2.30. The Kier molecular flexibility index (Phi) is 6.59.